The van der Waals surface area contributed by atoms with Crippen LogP contribution >= 0.6 is 0 Å². The second kappa shape index (κ2) is 7.09. The number of phenolic OH excluding ortho intramolecular Hbond substituents is 1. The maximum absolute atomic E-state index is 13.0. The molecule has 160 valence electrons. The fourth-order valence-corrected chi connectivity index (χ4v) is 4.85. The predicted octanol–water partition coefficient (Wildman–Crippen LogP) is 3.97. The van der Waals surface area contributed by atoms with Crippen molar-refractivity contribution in [2.75, 3.05) is 5.32 Å². The summed E-state index contributed by atoms with van der Waals surface area (Å²) in [6, 6.07) is 2.79. The molecule has 2 aliphatic heterocycles. The Balaban J connectivity index is 1.58. The third kappa shape index (κ3) is 3.30. The lowest BCUT2D eigenvalue weighted by atomic mass is 9.93. The zero-order chi connectivity index (χ0) is 21.0. The van der Waals surface area contributed by atoms with E-state index in [1.807, 2.05) is 0 Å². The molecule has 30 heavy (non-hydrogen) atoms. The topological polar surface area (TPSA) is 87.5 Å². The molecule has 3 N–H and O–H groups in total. The number of aromatic nitrogens is 2. The Morgan fingerprint density at radius 3 is 2.63 bits per heavy atom. The van der Waals surface area contributed by atoms with E-state index in [0.29, 0.717) is 17.9 Å². The van der Waals surface area contributed by atoms with E-state index in [0.717, 1.165) is 55.4 Å². The lowest BCUT2D eigenvalue weighted by Crippen LogP contribution is -2.30. The molecule has 0 spiro atoms. The minimum atomic E-state index is -4.54. The van der Waals surface area contributed by atoms with Gasteiger partial charge < -0.3 is 20.3 Å². The molecule has 1 saturated heterocycles. The number of fused-ring (bicyclic) bond motifs is 4. The molecule has 3 heterocycles. The molecular formula is C21H22F3N3O3. The average Bonchev–Trinajstić information content (AvgIpc) is 3.27. The number of aliphatic hydroxyl groups is 1. The van der Waals surface area contributed by atoms with Gasteiger partial charge in [-0.05, 0) is 55.9 Å². The summed E-state index contributed by atoms with van der Waals surface area (Å²) in [6.07, 6.45) is -0.413. The van der Waals surface area contributed by atoms with Crippen molar-refractivity contribution in [2.45, 2.75) is 69.1 Å². The van der Waals surface area contributed by atoms with Gasteiger partial charge in [0.2, 0.25) is 0 Å². The summed E-state index contributed by atoms with van der Waals surface area (Å²) in [6.45, 7) is 0. The summed E-state index contributed by atoms with van der Waals surface area (Å²) in [5.74, 6) is 0.0727. The number of nitrogens with one attached hydrogen (secondary N) is 1. The molecule has 0 unspecified atom stereocenters. The van der Waals surface area contributed by atoms with Gasteiger partial charge in [-0.25, -0.2) is 0 Å². The van der Waals surface area contributed by atoms with Gasteiger partial charge in [-0.2, -0.15) is 13.2 Å². The zero-order valence-corrected chi connectivity index (χ0v) is 16.1. The predicted molar refractivity (Wildman–Crippen MR) is 102 cm³/mol. The van der Waals surface area contributed by atoms with Crippen LogP contribution in [0.3, 0.4) is 0 Å². The summed E-state index contributed by atoms with van der Waals surface area (Å²) in [4.78, 5) is 0. The molecule has 9 heteroatoms. The van der Waals surface area contributed by atoms with Gasteiger partial charge in [0.05, 0.1) is 29.9 Å². The van der Waals surface area contributed by atoms with Crippen LogP contribution in [0.1, 0.15) is 54.9 Å². The largest absolute Gasteiger partial charge is 0.507 e. The summed E-state index contributed by atoms with van der Waals surface area (Å²) in [5.41, 5.74) is 1.37. The van der Waals surface area contributed by atoms with E-state index in [2.05, 4.69) is 15.5 Å². The van der Waals surface area contributed by atoms with Gasteiger partial charge >= 0.3 is 6.18 Å². The first-order valence-electron chi connectivity index (χ1n) is 10.2. The molecule has 4 atom stereocenters. The van der Waals surface area contributed by atoms with Crippen molar-refractivity contribution >= 4 is 5.82 Å². The van der Waals surface area contributed by atoms with Crippen LogP contribution in [0.5, 0.6) is 5.75 Å². The Labute approximate surface area is 171 Å². The van der Waals surface area contributed by atoms with Crippen LogP contribution in [0.2, 0.25) is 0 Å². The highest BCUT2D eigenvalue weighted by Crippen LogP contribution is 2.47. The number of aromatic hydroxyl groups is 1. The van der Waals surface area contributed by atoms with Crippen molar-refractivity contribution in [3.8, 4) is 17.0 Å². The smallest absolute Gasteiger partial charge is 0.416 e. The summed E-state index contributed by atoms with van der Waals surface area (Å²) < 4.78 is 45.0. The zero-order valence-electron chi connectivity index (χ0n) is 16.1. The summed E-state index contributed by atoms with van der Waals surface area (Å²) in [7, 11) is 0. The lowest BCUT2D eigenvalue weighted by molar-refractivity contribution is -0.137. The second-order valence-electron chi connectivity index (χ2n) is 8.30. The van der Waals surface area contributed by atoms with Gasteiger partial charge in [0.1, 0.15) is 11.4 Å². The first kappa shape index (κ1) is 19.6. The number of nitrogens with zero attached hydrogens (tertiary/aromatic N) is 2. The molecule has 2 bridgehead atoms. The highest BCUT2D eigenvalue weighted by molar-refractivity contribution is 5.73. The molecule has 2 fully saturated rings. The Morgan fingerprint density at radius 1 is 1.10 bits per heavy atom. The van der Waals surface area contributed by atoms with E-state index in [4.69, 9.17) is 4.74 Å². The average molecular weight is 421 g/mol. The quantitative estimate of drug-likeness (QED) is 0.695. The van der Waals surface area contributed by atoms with Gasteiger partial charge in [0.15, 0.2) is 5.82 Å². The van der Waals surface area contributed by atoms with Gasteiger partial charge in [-0.1, -0.05) is 0 Å². The third-order valence-corrected chi connectivity index (χ3v) is 6.36. The molecule has 6 nitrogen and oxygen atoms in total. The van der Waals surface area contributed by atoms with Crippen LogP contribution in [-0.2, 0) is 17.3 Å². The highest BCUT2D eigenvalue weighted by atomic mass is 19.4. The first-order valence-corrected chi connectivity index (χ1v) is 10.2. The van der Waals surface area contributed by atoms with Crippen molar-refractivity contribution in [2.24, 2.45) is 0 Å². The number of alkyl halides is 3. The standard InChI is InChI=1S/C21H22F3N3O3/c22-21(23,24)10-4-6-12(16(29)8-10)19-13-9-11-5-7-17(30-11)18(13)20(27-26-19)25-14-2-1-3-15(14)28/h4,6,8,11,14-15,17,28-29H,1-3,5,7,9H2,(H,25,27)/t11-,14+,15+,17+/m0/s1. The number of halogens is 3. The number of hydrogen-bond acceptors (Lipinski definition) is 6. The fourth-order valence-electron chi connectivity index (χ4n) is 4.85. The van der Waals surface area contributed by atoms with E-state index >= 15 is 0 Å². The monoisotopic (exact) mass is 421 g/mol. The summed E-state index contributed by atoms with van der Waals surface area (Å²) >= 11 is 0. The Bertz CT molecular complexity index is 982. The van der Waals surface area contributed by atoms with E-state index in [9.17, 15) is 23.4 Å². The first-order chi connectivity index (χ1) is 14.3. The number of ether oxygens (including phenoxy) is 1. The number of hydrogen-bond donors (Lipinski definition) is 3. The van der Waals surface area contributed by atoms with E-state index in [1.54, 1.807) is 0 Å². The molecule has 1 aromatic carbocycles. The Morgan fingerprint density at radius 2 is 1.93 bits per heavy atom. The third-order valence-electron chi connectivity index (χ3n) is 6.36. The van der Waals surface area contributed by atoms with Crippen molar-refractivity contribution in [3.05, 3.63) is 34.9 Å². The minimum absolute atomic E-state index is 0.0203. The van der Waals surface area contributed by atoms with Gasteiger partial charge in [-0.3, -0.25) is 0 Å². The van der Waals surface area contributed by atoms with Crippen LogP contribution in [-0.4, -0.2) is 38.7 Å². The molecule has 0 amide bonds. The normalized spacial score (nSPS) is 27.9. The number of anilines is 1. The maximum atomic E-state index is 13.0. The van der Waals surface area contributed by atoms with Gasteiger partial charge in [0, 0.05) is 17.5 Å². The SMILES string of the molecule is Oc1cc(C(F)(F)F)ccc1-c1nnc(N[C@@H]2CCC[C@H]2O)c2c1C[C@@H]1CC[C@H]2O1. The van der Waals surface area contributed by atoms with Crippen molar-refractivity contribution in [1.29, 1.82) is 0 Å². The van der Waals surface area contributed by atoms with Crippen molar-refractivity contribution < 1.29 is 28.1 Å². The molecule has 0 radical (unpaired) electrons. The van der Waals surface area contributed by atoms with Crippen LogP contribution in [0.15, 0.2) is 18.2 Å². The summed E-state index contributed by atoms with van der Waals surface area (Å²) in [5, 5.41) is 32.4. The molecule has 2 aromatic rings. The minimum Gasteiger partial charge on any atom is -0.507 e. The fraction of sp³-hybridized carbons (Fsp3) is 0.524. The van der Waals surface area contributed by atoms with Crippen molar-refractivity contribution in [1.82, 2.24) is 10.2 Å². The molecule has 5 rings (SSSR count). The van der Waals surface area contributed by atoms with Gasteiger partial charge in [0.25, 0.3) is 0 Å². The highest BCUT2D eigenvalue weighted by Gasteiger charge is 2.40. The van der Waals surface area contributed by atoms with E-state index < -0.39 is 23.6 Å². The number of benzene rings is 1. The Kier molecular flexibility index (Phi) is 4.62. The molecule has 1 aromatic heterocycles. The molecule has 1 saturated carbocycles. The maximum Gasteiger partial charge on any atom is 0.416 e. The van der Waals surface area contributed by atoms with Crippen LogP contribution < -0.4 is 5.32 Å². The van der Waals surface area contributed by atoms with Crippen molar-refractivity contribution in [3.63, 3.8) is 0 Å². The Hall–Kier alpha value is -2.39. The van der Waals surface area contributed by atoms with E-state index in [-0.39, 0.29) is 23.8 Å². The van der Waals surface area contributed by atoms with Gasteiger partial charge in [-0.15, -0.1) is 10.2 Å². The number of phenols is 1. The number of aliphatic hydroxyl groups excluding tert-OH is 1. The lowest BCUT2D eigenvalue weighted by Gasteiger charge is -2.29. The number of rotatable bonds is 3. The van der Waals surface area contributed by atoms with E-state index in [1.165, 1.54) is 6.07 Å². The molecule has 1 aliphatic carbocycles. The molecule has 3 aliphatic rings. The van der Waals surface area contributed by atoms with Crippen LogP contribution in [0, 0.1) is 0 Å². The van der Waals surface area contributed by atoms with Crippen LogP contribution in [0.25, 0.3) is 11.3 Å². The second-order valence-corrected chi connectivity index (χ2v) is 8.30. The molecular weight excluding hydrogens is 399 g/mol. The van der Waals surface area contributed by atoms with Crippen LogP contribution in [0.4, 0.5) is 19.0 Å².